The van der Waals surface area contributed by atoms with Crippen LogP contribution in [-0.2, 0) is 19.2 Å². The smallest absolute Gasteiger partial charge is 0.182 e. The summed E-state index contributed by atoms with van der Waals surface area (Å²) in [6, 6.07) is 0. The number of hydrogen-bond acceptors (Lipinski definition) is 4. The van der Waals surface area contributed by atoms with Crippen LogP contribution < -0.4 is 0 Å². The van der Waals surface area contributed by atoms with Crippen molar-refractivity contribution in [2.45, 2.75) is 41.5 Å². The Balaban J connectivity index is 0.000000240. The first-order chi connectivity index (χ1) is 11.0. The first-order valence-electron chi connectivity index (χ1n) is 8.01. The molecule has 0 radical (unpaired) electrons. The van der Waals surface area contributed by atoms with Crippen molar-refractivity contribution in [3.05, 3.63) is 46.6 Å². The molecule has 0 bridgehead atoms. The molecule has 2 aliphatic rings. The first-order valence-corrected chi connectivity index (χ1v) is 8.01. The van der Waals surface area contributed by atoms with Crippen LogP contribution >= 0.6 is 0 Å². The van der Waals surface area contributed by atoms with Crippen molar-refractivity contribution in [2.75, 3.05) is 0 Å². The van der Waals surface area contributed by atoms with Crippen LogP contribution in [0.3, 0.4) is 0 Å². The van der Waals surface area contributed by atoms with Gasteiger partial charge < -0.3 is 0 Å². The average molecular weight is 328 g/mol. The molecule has 0 aromatic rings. The lowest BCUT2D eigenvalue weighted by Crippen LogP contribution is -2.15. The molecule has 2 rings (SSSR count). The van der Waals surface area contributed by atoms with Crippen LogP contribution in [0.1, 0.15) is 41.5 Å². The van der Waals surface area contributed by atoms with Crippen LogP contribution in [0, 0.1) is 11.8 Å². The Kier molecular flexibility index (Phi) is 6.52. The van der Waals surface area contributed by atoms with Crippen LogP contribution in [0.25, 0.3) is 0 Å². The average Bonchev–Trinajstić information content (AvgIpc) is 2.46. The molecule has 0 atom stereocenters. The minimum absolute atomic E-state index is 0.0258. The predicted molar refractivity (Wildman–Crippen MR) is 93.4 cm³/mol. The lowest BCUT2D eigenvalue weighted by Gasteiger charge is -2.11. The highest BCUT2D eigenvalue weighted by Gasteiger charge is 2.20. The third-order valence-electron chi connectivity index (χ3n) is 3.86. The maximum atomic E-state index is 11.3. The molecule has 0 unspecified atom stereocenters. The van der Waals surface area contributed by atoms with Crippen molar-refractivity contribution in [2.24, 2.45) is 11.8 Å². The van der Waals surface area contributed by atoms with Crippen LogP contribution in [-0.4, -0.2) is 23.1 Å². The molecule has 0 aromatic carbocycles. The molecule has 0 amide bonds. The first kappa shape index (κ1) is 19.7. The monoisotopic (exact) mass is 328 g/mol. The second-order valence-corrected chi connectivity index (χ2v) is 6.62. The van der Waals surface area contributed by atoms with Crippen LogP contribution in [0.15, 0.2) is 46.6 Å². The molecule has 0 N–H and O–H groups in total. The van der Waals surface area contributed by atoms with Crippen molar-refractivity contribution in [1.29, 1.82) is 0 Å². The molecule has 24 heavy (non-hydrogen) atoms. The topological polar surface area (TPSA) is 68.3 Å². The third kappa shape index (κ3) is 4.82. The lowest BCUT2D eigenvalue weighted by molar-refractivity contribution is -0.115. The van der Waals surface area contributed by atoms with Gasteiger partial charge in [-0.15, -0.1) is 0 Å². The Bertz CT molecular complexity index is 648. The van der Waals surface area contributed by atoms with Crippen LogP contribution in [0.5, 0.6) is 0 Å². The molecule has 0 fully saturated rings. The Morgan fingerprint density at radius 1 is 0.542 bits per heavy atom. The predicted octanol–water partition coefficient (Wildman–Crippen LogP) is 3.33. The number of hydrogen-bond donors (Lipinski definition) is 0. The Hall–Kier alpha value is -2.36. The van der Waals surface area contributed by atoms with E-state index in [1.807, 2.05) is 27.7 Å². The molecule has 0 aliphatic heterocycles. The van der Waals surface area contributed by atoms with E-state index >= 15 is 0 Å². The molecular weight excluding hydrogens is 304 g/mol. The summed E-state index contributed by atoms with van der Waals surface area (Å²) in [5, 5.41) is 0. The molecule has 0 heterocycles. The van der Waals surface area contributed by atoms with Crippen molar-refractivity contribution in [1.82, 2.24) is 0 Å². The summed E-state index contributed by atoms with van der Waals surface area (Å²) in [5.74, 6) is 0.123. The van der Waals surface area contributed by atoms with Gasteiger partial charge in [0.15, 0.2) is 23.1 Å². The fraction of sp³-hybridized carbons (Fsp3) is 0.400. The molecule has 0 saturated carbocycles. The maximum Gasteiger partial charge on any atom is 0.182 e. The van der Waals surface area contributed by atoms with Gasteiger partial charge >= 0.3 is 0 Å². The number of carbonyl (C=O) groups excluding carboxylic acids is 4. The summed E-state index contributed by atoms with van der Waals surface area (Å²) >= 11 is 0. The highest BCUT2D eigenvalue weighted by atomic mass is 16.1. The van der Waals surface area contributed by atoms with E-state index in [1.165, 1.54) is 24.3 Å². The van der Waals surface area contributed by atoms with Gasteiger partial charge in [0, 0.05) is 22.3 Å². The summed E-state index contributed by atoms with van der Waals surface area (Å²) in [6.45, 7) is 11.0. The van der Waals surface area contributed by atoms with E-state index in [2.05, 4.69) is 0 Å². The van der Waals surface area contributed by atoms with E-state index in [0.717, 1.165) is 0 Å². The van der Waals surface area contributed by atoms with E-state index in [-0.39, 0.29) is 35.0 Å². The van der Waals surface area contributed by atoms with E-state index in [1.54, 1.807) is 13.8 Å². The van der Waals surface area contributed by atoms with E-state index in [0.29, 0.717) is 22.3 Å². The summed E-state index contributed by atoms with van der Waals surface area (Å²) in [6.07, 6.45) is 5.72. The number of allylic oxidation sites excluding steroid dienone is 8. The van der Waals surface area contributed by atoms with E-state index in [9.17, 15) is 19.2 Å². The van der Waals surface area contributed by atoms with Gasteiger partial charge in [-0.25, -0.2) is 0 Å². The Morgan fingerprint density at radius 2 is 0.833 bits per heavy atom. The highest BCUT2D eigenvalue weighted by molar-refractivity contribution is 6.20. The standard InChI is InChI=1S/2C10H12O2/c2*1-6(2)8-5-9(11)7(3)4-10(8)12/h2*4-6H,1-3H3. The maximum absolute atomic E-state index is 11.3. The van der Waals surface area contributed by atoms with Gasteiger partial charge in [0.1, 0.15) is 0 Å². The molecular formula is C20H24O4. The zero-order valence-electron chi connectivity index (χ0n) is 15.1. The fourth-order valence-electron chi connectivity index (χ4n) is 2.26. The highest BCUT2D eigenvalue weighted by Crippen LogP contribution is 2.18. The molecule has 0 saturated heterocycles. The summed E-state index contributed by atoms with van der Waals surface area (Å²) in [7, 11) is 0. The number of carbonyl (C=O) groups is 4. The van der Waals surface area contributed by atoms with Gasteiger partial charge in [-0.2, -0.15) is 0 Å². The van der Waals surface area contributed by atoms with Crippen molar-refractivity contribution < 1.29 is 19.2 Å². The normalized spacial score (nSPS) is 18.0. The Morgan fingerprint density at radius 3 is 1.08 bits per heavy atom. The van der Waals surface area contributed by atoms with Gasteiger partial charge in [-0.1, -0.05) is 27.7 Å². The fourth-order valence-corrected chi connectivity index (χ4v) is 2.26. The minimum Gasteiger partial charge on any atom is -0.290 e. The third-order valence-corrected chi connectivity index (χ3v) is 3.86. The number of rotatable bonds is 2. The quantitative estimate of drug-likeness (QED) is 0.729. The van der Waals surface area contributed by atoms with Gasteiger partial charge in [0.2, 0.25) is 0 Å². The van der Waals surface area contributed by atoms with Gasteiger partial charge in [-0.05, 0) is 50.0 Å². The van der Waals surface area contributed by atoms with Gasteiger partial charge in [0.05, 0.1) is 0 Å². The largest absolute Gasteiger partial charge is 0.290 e. The van der Waals surface area contributed by atoms with Crippen molar-refractivity contribution in [3.8, 4) is 0 Å². The molecule has 4 nitrogen and oxygen atoms in total. The summed E-state index contributed by atoms with van der Waals surface area (Å²) in [5.41, 5.74) is 2.30. The van der Waals surface area contributed by atoms with Crippen LogP contribution in [0.2, 0.25) is 0 Å². The van der Waals surface area contributed by atoms with Crippen molar-refractivity contribution in [3.63, 3.8) is 0 Å². The summed E-state index contributed by atoms with van der Waals surface area (Å²) in [4.78, 5) is 44.9. The van der Waals surface area contributed by atoms with E-state index in [4.69, 9.17) is 0 Å². The van der Waals surface area contributed by atoms with Gasteiger partial charge in [-0.3, -0.25) is 19.2 Å². The molecule has 4 heteroatoms. The van der Waals surface area contributed by atoms with E-state index < -0.39 is 0 Å². The zero-order valence-corrected chi connectivity index (χ0v) is 15.1. The molecule has 128 valence electrons. The molecule has 0 aromatic heterocycles. The zero-order chi connectivity index (χ0) is 18.6. The second-order valence-electron chi connectivity index (χ2n) is 6.62. The SMILES string of the molecule is CC1=CC(=O)C(C(C)C)=CC1=O.CC1=CC(=O)C(C(C)C)=CC1=O. The Labute approximate surface area is 143 Å². The minimum atomic E-state index is -0.0432. The van der Waals surface area contributed by atoms with Crippen molar-refractivity contribution >= 4 is 23.1 Å². The lowest BCUT2D eigenvalue weighted by atomic mass is 9.91. The van der Waals surface area contributed by atoms with Crippen LogP contribution in [0.4, 0.5) is 0 Å². The number of ketones is 4. The molecule has 2 aliphatic carbocycles. The summed E-state index contributed by atoms with van der Waals surface area (Å²) < 4.78 is 0. The van der Waals surface area contributed by atoms with Gasteiger partial charge in [0.25, 0.3) is 0 Å². The second kappa shape index (κ2) is 7.95. The molecule has 0 spiro atoms.